The van der Waals surface area contributed by atoms with Crippen LogP contribution >= 0.6 is 11.6 Å². The van der Waals surface area contributed by atoms with E-state index >= 15 is 0 Å². The number of ether oxygens (including phenoxy) is 2. The first kappa shape index (κ1) is 20.9. The number of halogens is 1. The highest BCUT2D eigenvalue weighted by molar-refractivity contribution is 6.30. The Hall–Kier alpha value is -2.86. The molecule has 0 spiro atoms. The fraction of sp³-hybridized carbons (Fsp3) is 0.318. The lowest BCUT2D eigenvalue weighted by atomic mass is 9.97. The molecular weight excluding hydrogens is 394 g/mol. The van der Waals surface area contributed by atoms with Crippen LogP contribution in [0.25, 0.3) is 0 Å². The largest absolute Gasteiger partial charge is 0.492 e. The average molecular weight is 416 g/mol. The van der Waals surface area contributed by atoms with Gasteiger partial charge in [0.1, 0.15) is 12.4 Å². The van der Waals surface area contributed by atoms with E-state index in [0.29, 0.717) is 23.6 Å². The zero-order chi connectivity index (χ0) is 20.8. The first-order chi connectivity index (χ1) is 13.9. The lowest BCUT2D eigenvalue weighted by molar-refractivity contribution is -0.154. The van der Waals surface area contributed by atoms with Gasteiger partial charge in [-0.25, -0.2) is 0 Å². The molecule has 29 heavy (non-hydrogen) atoms. The molecule has 2 atom stereocenters. The number of Topliss-reactive ketones (excluding diaryl/α,β-unsaturated/α-hetero) is 1. The monoisotopic (exact) mass is 415 g/mol. The Morgan fingerprint density at radius 2 is 1.97 bits per heavy atom. The second kappa shape index (κ2) is 9.56. The summed E-state index contributed by atoms with van der Waals surface area (Å²) < 4.78 is 10.7. The first-order valence-electron chi connectivity index (χ1n) is 9.34. The Bertz CT molecular complexity index is 899. The molecule has 1 heterocycles. The summed E-state index contributed by atoms with van der Waals surface area (Å²) in [6.45, 7) is 1.15. The van der Waals surface area contributed by atoms with Gasteiger partial charge in [-0.05, 0) is 49.1 Å². The van der Waals surface area contributed by atoms with E-state index < -0.39 is 30.4 Å². The molecule has 0 fully saturated rings. The predicted molar refractivity (Wildman–Crippen MR) is 108 cm³/mol. The summed E-state index contributed by atoms with van der Waals surface area (Å²) in [5.41, 5.74) is 1.76. The summed E-state index contributed by atoms with van der Waals surface area (Å²) in [4.78, 5) is 36.4. The highest BCUT2D eigenvalue weighted by atomic mass is 35.5. The van der Waals surface area contributed by atoms with E-state index in [4.69, 9.17) is 21.1 Å². The SMILES string of the molecule is CC(=O)[C@@H](Cc1ccccc1)NC(=O)COC(=O)[C@H]1COc2ccc(Cl)cc2C1. The first-order valence-corrected chi connectivity index (χ1v) is 9.72. The number of amides is 1. The van der Waals surface area contributed by atoms with Crippen molar-refractivity contribution in [2.45, 2.75) is 25.8 Å². The lowest BCUT2D eigenvalue weighted by Crippen LogP contribution is -2.43. The van der Waals surface area contributed by atoms with Gasteiger partial charge in [0, 0.05) is 5.02 Å². The summed E-state index contributed by atoms with van der Waals surface area (Å²) >= 11 is 5.99. The Morgan fingerprint density at radius 1 is 1.21 bits per heavy atom. The van der Waals surface area contributed by atoms with Crippen molar-refractivity contribution in [2.24, 2.45) is 5.92 Å². The standard InChI is InChI=1S/C22H22ClNO5/c1-14(25)19(9-15-5-3-2-4-6-15)24-21(26)13-29-22(27)17-10-16-11-18(23)7-8-20(16)28-12-17/h2-8,11,17,19H,9-10,12-13H2,1H3,(H,24,26)/t17-,19-/m1/s1. The summed E-state index contributed by atoms with van der Waals surface area (Å²) in [5, 5.41) is 3.20. The number of carbonyl (C=O) groups excluding carboxylic acids is 3. The minimum Gasteiger partial charge on any atom is -0.492 e. The molecule has 0 radical (unpaired) electrons. The van der Waals surface area contributed by atoms with Crippen LogP contribution in [-0.2, 0) is 32.0 Å². The zero-order valence-corrected chi connectivity index (χ0v) is 16.8. The van der Waals surface area contributed by atoms with Crippen LogP contribution in [0.2, 0.25) is 5.02 Å². The van der Waals surface area contributed by atoms with Crippen LogP contribution in [0.5, 0.6) is 5.75 Å². The minimum absolute atomic E-state index is 0.164. The van der Waals surface area contributed by atoms with Crippen molar-refractivity contribution in [2.75, 3.05) is 13.2 Å². The molecule has 152 valence electrons. The number of rotatable bonds is 7. The van der Waals surface area contributed by atoms with Gasteiger partial charge in [0.15, 0.2) is 12.4 Å². The molecule has 0 saturated carbocycles. The summed E-state index contributed by atoms with van der Waals surface area (Å²) in [5.74, 6) is -1.02. The van der Waals surface area contributed by atoms with Gasteiger partial charge in [-0.2, -0.15) is 0 Å². The minimum atomic E-state index is -0.671. The smallest absolute Gasteiger partial charge is 0.313 e. The maximum atomic E-state index is 12.3. The molecule has 1 amide bonds. The van der Waals surface area contributed by atoms with Gasteiger partial charge >= 0.3 is 5.97 Å². The van der Waals surface area contributed by atoms with Crippen molar-refractivity contribution in [1.82, 2.24) is 5.32 Å². The Kier molecular flexibility index (Phi) is 6.88. The van der Waals surface area contributed by atoms with E-state index in [-0.39, 0.29) is 12.4 Å². The molecule has 0 aromatic heterocycles. The van der Waals surface area contributed by atoms with Crippen LogP contribution in [0, 0.1) is 5.92 Å². The Balaban J connectivity index is 1.50. The Labute approximate surface area is 174 Å². The third-order valence-electron chi connectivity index (χ3n) is 4.72. The second-order valence-corrected chi connectivity index (χ2v) is 7.43. The van der Waals surface area contributed by atoms with Gasteiger partial charge in [0.05, 0.1) is 12.0 Å². The van der Waals surface area contributed by atoms with Crippen molar-refractivity contribution in [3.8, 4) is 5.75 Å². The molecule has 2 aromatic carbocycles. The van der Waals surface area contributed by atoms with Gasteiger partial charge in [0.2, 0.25) is 0 Å². The summed E-state index contributed by atoms with van der Waals surface area (Å²) in [6.07, 6.45) is 0.810. The van der Waals surface area contributed by atoms with E-state index in [2.05, 4.69) is 5.32 Å². The summed E-state index contributed by atoms with van der Waals surface area (Å²) in [6, 6.07) is 14.0. The maximum absolute atomic E-state index is 12.3. The third kappa shape index (κ3) is 5.81. The highest BCUT2D eigenvalue weighted by Crippen LogP contribution is 2.30. The third-order valence-corrected chi connectivity index (χ3v) is 4.95. The second-order valence-electron chi connectivity index (χ2n) is 6.99. The fourth-order valence-electron chi connectivity index (χ4n) is 3.15. The number of fused-ring (bicyclic) bond motifs is 1. The number of nitrogens with one attached hydrogen (secondary N) is 1. The van der Waals surface area contributed by atoms with Gasteiger partial charge in [-0.3, -0.25) is 14.4 Å². The summed E-state index contributed by atoms with van der Waals surface area (Å²) in [7, 11) is 0. The average Bonchev–Trinajstić information content (AvgIpc) is 2.71. The van der Waals surface area contributed by atoms with E-state index in [9.17, 15) is 14.4 Å². The molecule has 1 aliphatic rings. The predicted octanol–water partition coefficient (Wildman–Crippen LogP) is 2.75. The van der Waals surface area contributed by atoms with Gasteiger partial charge < -0.3 is 14.8 Å². The molecule has 2 aromatic rings. The van der Waals surface area contributed by atoms with Crippen LogP contribution in [0.4, 0.5) is 0 Å². The lowest BCUT2D eigenvalue weighted by Gasteiger charge is -2.24. The molecule has 0 saturated heterocycles. The molecule has 6 nitrogen and oxygen atoms in total. The zero-order valence-electron chi connectivity index (χ0n) is 16.0. The number of hydrogen-bond acceptors (Lipinski definition) is 5. The van der Waals surface area contributed by atoms with Gasteiger partial charge in [0.25, 0.3) is 5.91 Å². The van der Waals surface area contributed by atoms with E-state index in [1.54, 1.807) is 18.2 Å². The normalized spacial score (nSPS) is 16.1. The van der Waals surface area contributed by atoms with E-state index in [0.717, 1.165) is 11.1 Å². The molecule has 0 bridgehead atoms. The number of carbonyl (C=O) groups is 3. The number of esters is 1. The van der Waals surface area contributed by atoms with E-state index in [1.807, 2.05) is 30.3 Å². The van der Waals surface area contributed by atoms with Crippen LogP contribution in [0.3, 0.4) is 0 Å². The Morgan fingerprint density at radius 3 is 2.69 bits per heavy atom. The molecule has 3 rings (SSSR count). The molecule has 0 aliphatic carbocycles. The maximum Gasteiger partial charge on any atom is 0.313 e. The number of hydrogen-bond donors (Lipinski definition) is 1. The molecule has 1 aliphatic heterocycles. The van der Waals surface area contributed by atoms with Crippen LogP contribution in [-0.4, -0.2) is 36.9 Å². The van der Waals surface area contributed by atoms with Crippen LogP contribution in [0.1, 0.15) is 18.1 Å². The molecule has 7 heteroatoms. The van der Waals surface area contributed by atoms with Crippen LogP contribution < -0.4 is 10.1 Å². The number of benzene rings is 2. The molecule has 1 N–H and O–H groups in total. The number of ketones is 1. The molecular formula is C22H22ClNO5. The van der Waals surface area contributed by atoms with Crippen molar-refractivity contribution in [3.63, 3.8) is 0 Å². The highest BCUT2D eigenvalue weighted by Gasteiger charge is 2.28. The van der Waals surface area contributed by atoms with Gasteiger partial charge in [-0.15, -0.1) is 0 Å². The fourth-order valence-corrected chi connectivity index (χ4v) is 3.35. The molecule has 0 unspecified atom stereocenters. The van der Waals surface area contributed by atoms with E-state index in [1.165, 1.54) is 6.92 Å². The topological polar surface area (TPSA) is 81.7 Å². The quantitative estimate of drug-likeness (QED) is 0.703. The van der Waals surface area contributed by atoms with Crippen molar-refractivity contribution >= 4 is 29.3 Å². The van der Waals surface area contributed by atoms with Gasteiger partial charge in [-0.1, -0.05) is 41.9 Å². The van der Waals surface area contributed by atoms with Crippen molar-refractivity contribution < 1.29 is 23.9 Å². The van der Waals surface area contributed by atoms with Crippen molar-refractivity contribution in [3.05, 3.63) is 64.7 Å². The van der Waals surface area contributed by atoms with Crippen LogP contribution in [0.15, 0.2) is 48.5 Å². The van der Waals surface area contributed by atoms with Crippen molar-refractivity contribution in [1.29, 1.82) is 0 Å².